The molecule has 14 heavy (non-hydrogen) atoms. The van der Waals surface area contributed by atoms with Crippen molar-refractivity contribution in [1.29, 1.82) is 0 Å². The summed E-state index contributed by atoms with van der Waals surface area (Å²) in [5, 5.41) is 7.79. The van der Waals surface area contributed by atoms with Crippen LogP contribution in [0, 0.1) is 20.8 Å². The fraction of sp³-hybridized carbons (Fsp3) is 0.727. The van der Waals surface area contributed by atoms with Gasteiger partial charge in [0.15, 0.2) is 0 Å². The lowest BCUT2D eigenvalue weighted by Crippen LogP contribution is -2.23. The van der Waals surface area contributed by atoms with Crippen molar-refractivity contribution < 1.29 is 0 Å². The number of hydrogen-bond donors (Lipinski definition) is 1. The summed E-state index contributed by atoms with van der Waals surface area (Å²) in [4.78, 5) is 0. The van der Waals surface area contributed by atoms with Crippen molar-refractivity contribution >= 4 is 0 Å². The van der Waals surface area contributed by atoms with Crippen LogP contribution in [-0.2, 0) is 0 Å². The van der Waals surface area contributed by atoms with Crippen LogP contribution in [-0.4, -0.2) is 23.4 Å². The maximum absolute atomic E-state index is 4.58. The first-order valence-corrected chi connectivity index (χ1v) is 5.28. The van der Waals surface area contributed by atoms with E-state index in [1.165, 1.54) is 11.3 Å². The molecule has 1 rings (SSSR count). The number of rotatable bonds is 4. The minimum atomic E-state index is 0.479. The van der Waals surface area contributed by atoms with E-state index in [0.717, 1.165) is 18.7 Å². The zero-order chi connectivity index (χ0) is 10.7. The lowest BCUT2D eigenvalue weighted by molar-refractivity contribution is 0.415. The predicted octanol–water partition coefficient (Wildman–Crippen LogP) is 1.98. The van der Waals surface area contributed by atoms with E-state index >= 15 is 0 Å². The second-order valence-electron chi connectivity index (χ2n) is 3.86. The van der Waals surface area contributed by atoms with E-state index in [0.29, 0.717) is 6.04 Å². The highest BCUT2D eigenvalue weighted by Gasteiger charge is 2.14. The van der Waals surface area contributed by atoms with Gasteiger partial charge in [-0.2, -0.15) is 5.10 Å². The molecule has 0 saturated heterocycles. The first-order chi connectivity index (χ1) is 6.61. The largest absolute Gasteiger partial charge is 0.318 e. The zero-order valence-electron chi connectivity index (χ0n) is 9.89. The average molecular weight is 195 g/mol. The van der Waals surface area contributed by atoms with Crippen molar-refractivity contribution in [3.8, 4) is 0 Å². The van der Waals surface area contributed by atoms with E-state index in [1.807, 2.05) is 7.05 Å². The number of aryl methyl sites for hydroxylation is 1. The molecule has 0 bridgehead atoms. The van der Waals surface area contributed by atoms with Crippen molar-refractivity contribution in [2.75, 3.05) is 13.6 Å². The van der Waals surface area contributed by atoms with Crippen LogP contribution in [0.15, 0.2) is 0 Å². The van der Waals surface area contributed by atoms with Crippen molar-refractivity contribution in [3.63, 3.8) is 0 Å². The smallest absolute Gasteiger partial charge is 0.0644 e. The molecule has 0 amide bonds. The van der Waals surface area contributed by atoms with E-state index in [2.05, 4.69) is 42.8 Å². The summed E-state index contributed by atoms with van der Waals surface area (Å²) in [6.45, 7) is 9.55. The normalized spacial score (nSPS) is 13.2. The summed E-state index contributed by atoms with van der Waals surface area (Å²) in [6, 6.07) is 0.479. The Balaban J connectivity index is 2.98. The zero-order valence-corrected chi connectivity index (χ0v) is 9.89. The second kappa shape index (κ2) is 4.60. The van der Waals surface area contributed by atoms with Crippen LogP contribution in [0.2, 0.25) is 0 Å². The average Bonchev–Trinajstić information content (AvgIpc) is 2.42. The van der Waals surface area contributed by atoms with Gasteiger partial charge in [0.2, 0.25) is 0 Å². The van der Waals surface area contributed by atoms with Gasteiger partial charge < -0.3 is 5.32 Å². The van der Waals surface area contributed by atoms with E-state index in [9.17, 15) is 0 Å². The minimum absolute atomic E-state index is 0.479. The van der Waals surface area contributed by atoms with E-state index in [-0.39, 0.29) is 0 Å². The number of hydrogen-bond acceptors (Lipinski definition) is 2. The van der Waals surface area contributed by atoms with Crippen LogP contribution in [0.5, 0.6) is 0 Å². The molecule has 0 spiro atoms. The Labute approximate surface area is 86.5 Å². The van der Waals surface area contributed by atoms with Crippen molar-refractivity contribution in [3.05, 3.63) is 17.0 Å². The molecule has 0 aliphatic carbocycles. The number of nitrogens with one attached hydrogen (secondary N) is 1. The van der Waals surface area contributed by atoms with E-state index in [1.54, 1.807) is 0 Å². The highest BCUT2D eigenvalue weighted by Crippen LogP contribution is 2.17. The third-order valence-corrected chi connectivity index (χ3v) is 2.94. The molecule has 1 N–H and O–H groups in total. The molecule has 0 aliphatic heterocycles. The third kappa shape index (κ3) is 1.98. The Bertz CT molecular complexity index is 302. The third-order valence-electron chi connectivity index (χ3n) is 2.94. The number of likely N-dealkylation sites (N-methyl/N-ethyl adjacent to an activating group) is 1. The van der Waals surface area contributed by atoms with Crippen LogP contribution in [0.3, 0.4) is 0 Å². The SMILES string of the molecule is CCC(CNC)n1nc(C)c(C)c1C. The summed E-state index contributed by atoms with van der Waals surface area (Å²) in [5.41, 5.74) is 3.77. The summed E-state index contributed by atoms with van der Waals surface area (Å²) < 4.78 is 2.15. The fourth-order valence-electron chi connectivity index (χ4n) is 1.74. The quantitative estimate of drug-likeness (QED) is 0.796. The Hall–Kier alpha value is -0.830. The van der Waals surface area contributed by atoms with Crippen molar-refractivity contribution in [1.82, 2.24) is 15.1 Å². The van der Waals surface area contributed by atoms with E-state index < -0.39 is 0 Å². The van der Waals surface area contributed by atoms with Gasteiger partial charge in [0.05, 0.1) is 11.7 Å². The molecular weight excluding hydrogens is 174 g/mol. The lowest BCUT2D eigenvalue weighted by Gasteiger charge is -2.17. The predicted molar refractivity (Wildman–Crippen MR) is 59.7 cm³/mol. The molecule has 1 unspecified atom stereocenters. The van der Waals surface area contributed by atoms with Gasteiger partial charge in [-0.3, -0.25) is 4.68 Å². The molecule has 1 aromatic heterocycles. The molecule has 80 valence electrons. The topological polar surface area (TPSA) is 29.9 Å². The lowest BCUT2D eigenvalue weighted by atomic mass is 10.2. The van der Waals surface area contributed by atoms with Gasteiger partial charge in [0.25, 0.3) is 0 Å². The summed E-state index contributed by atoms with van der Waals surface area (Å²) in [6.07, 6.45) is 1.11. The molecule has 0 aromatic carbocycles. The Morgan fingerprint density at radius 3 is 2.36 bits per heavy atom. The molecule has 1 aromatic rings. The summed E-state index contributed by atoms with van der Waals surface area (Å²) in [5.74, 6) is 0. The minimum Gasteiger partial charge on any atom is -0.318 e. The molecule has 0 fully saturated rings. The van der Waals surface area contributed by atoms with Crippen LogP contribution in [0.4, 0.5) is 0 Å². The van der Waals surface area contributed by atoms with Gasteiger partial charge in [0, 0.05) is 12.2 Å². The molecular formula is C11H21N3. The van der Waals surface area contributed by atoms with Crippen molar-refractivity contribution in [2.45, 2.75) is 40.2 Å². The van der Waals surface area contributed by atoms with Gasteiger partial charge in [-0.05, 0) is 39.8 Å². The Kier molecular flexibility index (Phi) is 3.69. The molecule has 0 saturated carbocycles. The van der Waals surface area contributed by atoms with Gasteiger partial charge >= 0.3 is 0 Å². The first-order valence-electron chi connectivity index (χ1n) is 5.28. The van der Waals surface area contributed by atoms with Gasteiger partial charge in [-0.25, -0.2) is 0 Å². The van der Waals surface area contributed by atoms with Crippen LogP contribution in [0.25, 0.3) is 0 Å². The molecule has 0 aliphatic rings. The maximum atomic E-state index is 4.58. The first kappa shape index (κ1) is 11.2. The van der Waals surface area contributed by atoms with Gasteiger partial charge in [0.1, 0.15) is 0 Å². The summed E-state index contributed by atoms with van der Waals surface area (Å²) >= 11 is 0. The molecule has 3 heteroatoms. The maximum Gasteiger partial charge on any atom is 0.0644 e. The van der Waals surface area contributed by atoms with E-state index in [4.69, 9.17) is 0 Å². The van der Waals surface area contributed by atoms with Crippen LogP contribution >= 0.6 is 0 Å². The second-order valence-corrected chi connectivity index (χ2v) is 3.86. The monoisotopic (exact) mass is 195 g/mol. The Morgan fingerprint density at radius 2 is 2.00 bits per heavy atom. The van der Waals surface area contributed by atoms with Crippen molar-refractivity contribution in [2.24, 2.45) is 0 Å². The molecule has 0 radical (unpaired) electrons. The fourth-order valence-corrected chi connectivity index (χ4v) is 1.74. The highest BCUT2D eigenvalue weighted by atomic mass is 15.3. The van der Waals surface area contributed by atoms with Gasteiger partial charge in [-0.15, -0.1) is 0 Å². The Morgan fingerprint density at radius 1 is 1.36 bits per heavy atom. The molecule has 3 nitrogen and oxygen atoms in total. The number of aromatic nitrogens is 2. The van der Waals surface area contributed by atoms with Gasteiger partial charge in [-0.1, -0.05) is 6.92 Å². The highest BCUT2D eigenvalue weighted by molar-refractivity contribution is 5.22. The van der Waals surface area contributed by atoms with Crippen LogP contribution in [0.1, 0.15) is 36.3 Å². The molecule has 1 heterocycles. The number of nitrogens with zero attached hydrogens (tertiary/aromatic N) is 2. The summed E-state index contributed by atoms with van der Waals surface area (Å²) in [7, 11) is 1.99. The molecule has 1 atom stereocenters. The standard InChI is InChI=1S/C11H21N3/c1-6-11(7-12-5)14-10(4)8(2)9(3)13-14/h11-12H,6-7H2,1-5H3. The van der Waals surface area contributed by atoms with Crippen LogP contribution < -0.4 is 5.32 Å².